The van der Waals surface area contributed by atoms with Gasteiger partial charge >= 0.3 is 12.0 Å². The van der Waals surface area contributed by atoms with Crippen molar-refractivity contribution in [3.63, 3.8) is 0 Å². The number of aromatic nitrogens is 1. The molecule has 0 fully saturated rings. The van der Waals surface area contributed by atoms with Gasteiger partial charge in [-0.15, -0.1) is 0 Å². The van der Waals surface area contributed by atoms with Crippen LogP contribution in [0.2, 0.25) is 0 Å². The number of urea groups is 1. The van der Waals surface area contributed by atoms with E-state index in [1.807, 2.05) is 13.8 Å². The normalized spacial score (nSPS) is 11.9. The fourth-order valence-corrected chi connectivity index (χ4v) is 1.74. The zero-order chi connectivity index (χ0) is 13.7. The lowest BCUT2D eigenvalue weighted by Gasteiger charge is -2.13. The van der Waals surface area contributed by atoms with Gasteiger partial charge in [-0.05, 0) is 26.3 Å². The molecule has 1 aromatic heterocycles. The number of amides is 2. The molecule has 4 N–H and O–H groups in total. The Morgan fingerprint density at radius 3 is 2.72 bits per heavy atom. The minimum atomic E-state index is -1.10. The average molecular weight is 253 g/mol. The lowest BCUT2D eigenvalue weighted by Crippen LogP contribution is -2.36. The molecule has 1 aromatic rings. The summed E-state index contributed by atoms with van der Waals surface area (Å²) in [5, 5.41) is 14.2. The van der Waals surface area contributed by atoms with Crippen LogP contribution in [0.4, 0.5) is 10.5 Å². The van der Waals surface area contributed by atoms with Crippen LogP contribution in [0.25, 0.3) is 0 Å². The van der Waals surface area contributed by atoms with Crippen LogP contribution in [0.15, 0.2) is 6.07 Å². The van der Waals surface area contributed by atoms with E-state index in [-0.39, 0.29) is 17.4 Å². The average Bonchev–Trinajstić information content (AvgIpc) is 2.59. The molecular formula is C12H19N3O3. The number of hydrogen-bond acceptors (Lipinski definition) is 2. The van der Waals surface area contributed by atoms with E-state index in [4.69, 9.17) is 5.11 Å². The number of aromatic carboxylic acids is 1. The van der Waals surface area contributed by atoms with Crippen molar-refractivity contribution >= 4 is 17.7 Å². The Labute approximate surface area is 106 Å². The van der Waals surface area contributed by atoms with Gasteiger partial charge in [-0.25, -0.2) is 9.59 Å². The molecule has 1 heterocycles. The first-order chi connectivity index (χ1) is 8.43. The number of carboxylic acid groups (broad SMARTS) is 1. The van der Waals surface area contributed by atoms with Crippen LogP contribution in [0.1, 0.15) is 42.9 Å². The highest BCUT2D eigenvalue weighted by Gasteiger charge is 2.15. The monoisotopic (exact) mass is 253 g/mol. The van der Waals surface area contributed by atoms with Crippen molar-refractivity contribution in [2.45, 2.75) is 39.7 Å². The third kappa shape index (κ3) is 3.80. The molecular weight excluding hydrogens is 234 g/mol. The number of aryl methyl sites for hydroxylation is 1. The molecule has 18 heavy (non-hydrogen) atoms. The maximum atomic E-state index is 11.7. The summed E-state index contributed by atoms with van der Waals surface area (Å²) in [6.45, 7) is 5.67. The van der Waals surface area contributed by atoms with Gasteiger partial charge in [-0.1, -0.05) is 13.3 Å². The molecule has 0 spiro atoms. The molecule has 0 aliphatic rings. The molecule has 1 atom stereocenters. The van der Waals surface area contributed by atoms with Gasteiger partial charge in [0.1, 0.15) is 5.69 Å². The number of carboxylic acids is 1. The highest BCUT2D eigenvalue weighted by molar-refractivity contribution is 5.99. The van der Waals surface area contributed by atoms with Gasteiger partial charge in [0.15, 0.2) is 0 Å². The first-order valence-electron chi connectivity index (χ1n) is 5.94. The number of carbonyl (C=O) groups excluding carboxylic acids is 1. The van der Waals surface area contributed by atoms with Gasteiger partial charge in [0.05, 0.1) is 5.69 Å². The Kier molecular flexibility index (Phi) is 4.76. The van der Waals surface area contributed by atoms with Crippen molar-refractivity contribution in [2.24, 2.45) is 0 Å². The Balaban J connectivity index is 2.67. The van der Waals surface area contributed by atoms with Crippen molar-refractivity contribution in [2.75, 3.05) is 5.32 Å². The number of rotatable bonds is 5. The second-order valence-corrected chi connectivity index (χ2v) is 4.33. The van der Waals surface area contributed by atoms with Gasteiger partial charge in [0.25, 0.3) is 0 Å². The van der Waals surface area contributed by atoms with E-state index >= 15 is 0 Å². The maximum absolute atomic E-state index is 11.7. The number of aromatic amines is 1. The Hall–Kier alpha value is -1.98. The van der Waals surface area contributed by atoms with E-state index < -0.39 is 12.0 Å². The molecule has 0 aliphatic carbocycles. The number of nitrogens with one attached hydrogen (secondary N) is 3. The van der Waals surface area contributed by atoms with Crippen molar-refractivity contribution in [3.8, 4) is 0 Å². The van der Waals surface area contributed by atoms with Crippen molar-refractivity contribution < 1.29 is 14.7 Å². The van der Waals surface area contributed by atoms with Crippen LogP contribution >= 0.6 is 0 Å². The number of hydrogen-bond donors (Lipinski definition) is 4. The second-order valence-electron chi connectivity index (χ2n) is 4.33. The van der Waals surface area contributed by atoms with Crippen molar-refractivity contribution in [1.29, 1.82) is 0 Å². The highest BCUT2D eigenvalue weighted by Crippen LogP contribution is 2.16. The quantitative estimate of drug-likeness (QED) is 0.648. The summed E-state index contributed by atoms with van der Waals surface area (Å²) in [6.07, 6.45) is 1.86. The van der Waals surface area contributed by atoms with E-state index in [1.165, 1.54) is 0 Å². The van der Waals surface area contributed by atoms with E-state index in [0.717, 1.165) is 12.8 Å². The molecule has 100 valence electrons. The van der Waals surface area contributed by atoms with Crippen molar-refractivity contribution in [1.82, 2.24) is 10.3 Å². The molecule has 0 bridgehead atoms. The molecule has 0 saturated heterocycles. The summed E-state index contributed by atoms with van der Waals surface area (Å²) < 4.78 is 0. The Bertz CT molecular complexity index is 440. The molecule has 6 nitrogen and oxygen atoms in total. The molecule has 0 aromatic carbocycles. The SMILES string of the molecule is CCCC(C)NC(=O)Nc1cc(C)[nH]c1C(=O)O. The first kappa shape index (κ1) is 14.1. The minimum absolute atomic E-state index is 0.00852. The molecule has 0 aliphatic heterocycles. The van der Waals surface area contributed by atoms with Crippen LogP contribution < -0.4 is 10.6 Å². The number of anilines is 1. The molecule has 6 heteroatoms. The summed E-state index contributed by atoms with van der Waals surface area (Å²) in [6, 6.07) is 1.26. The van der Waals surface area contributed by atoms with Crippen LogP contribution in [0.3, 0.4) is 0 Å². The maximum Gasteiger partial charge on any atom is 0.354 e. The fraction of sp³-hybridized carbons (Fsp3) is 0.500. The zero-order valence-corrected chi connectivity index (χ0v) is 10.8. The summed E-state index contributed by atoms with van der Waals surface area (Å²) in [7, 11) is 0. The van der Waals surface area contributed by atoms with Gasteiger partial charge in [0, 0.05) is 11.7 Å². The smallest absolute Gasteiger partial charge is 0.354 e. The predicted molar refractivity (Wildman–Crippen MR) is 69.0 cm³/mol. The van der Waals surface area contributed by atoms with Crippen LogP contribution in [0.5, 0.6) is 0 Å². The molecule has 1 unspecified atom stereocenters. The lowest BCUT2D eigenvalue weighted by molar-refractivity contribution is 0.0692. The number of H-pyrrole nitrogens is 1. The van der Waals surface area contributed by atoms with Gasteiger partial charge < -0.3 is 20.7 Å². The van der Waals surface area contributed by atoms with E-state index in [2.05, 4.69) is 15.6 Å². The number of carbonyl (C=O) groups is 2. The Morgan fingerprint density at radius 2 is 2.17 bits per heavy atom. The van der Waals surface area contributed by atoms with E-state index in [1.54, 1.807) is 13.0 Å². The van der Waals surface area contributed by atoms with E-state index in [0.29, 0.717) is 5.69 Å². The third-order valence-electron chi connectivity index (χ3n) is 2.51. The third-order valence-corrected chi connectivity index (χ3v) is 2.51. The summed E-state index contributed by atoms with van der Waals surface area (Å²) >= 11 is 0. The van der Waals surface area contributed by atoms with E-state index in [9.17, 15) is 9.59 Å². The van der Waals surface area contributed by atoms with Gasteiger partial charge in [-0.2, -0.15) is 0 Å². The fourth-order valence-electron chi connectivity index (χ4n) is 1.74. The lowest BCUT2D eigenvalue weighted by atomic mass is 10.2. The highest BCUT2D eigenvalue weighted by atomic mass is 16.4. The topological polar surface area (TPSA) is 94.2 Å². The molecule has 1 rings (SSSR count). The van der Waals surface area contributed by atoms with Crippen molar-refractivity contribution in [3.05, 3.63) is 17.5 Å². The van der Waals surface area contributed by atoms with Crippen LogP contribution in [0, 0.1) is 6.92 Å². The zero-order valence-electron chi connectivity index (χ0n) is 10.8. The summed E-state index contributed by atoms with van der Waals surface area (Å²) in [5.41, 5.74) is 0.955. The first-order valence-corrected chi connectivity index (χ1v) is 5.94. The minimum Gasteiger partial charge on any atom is -0.477 e. The second kappa shape index (κ2) is 6.09. The van der Waals surface area contributed by atoms with Crippen LogP contribution in [-0.4, -0.2) is 28.1 Å². The van der Waals surface area contributed by atoms with Crippen LogP contribution in [-0.2, 0) is 0 Å². The predicted octanol–water partition coefficient (Wildman–Crippen LogP) is 2.33. The van der Waals surface area contributed by atoms with Gasteiger partial charge in [-0.3, -0.25) is 0 Å². The van der Waals surface area contributed by atoms with Gasteiger partial charge in [0.2, 0.25) is 0 Å². The summed E-state index contributed by atoms with van der Waals surface area (Å²) in [4.78, 5) is 25.3. The largest absolute Gasteiger partial charge is 0.477 e. The molecule has 0 radical (unpaired) electrons. The Morgan fingerprint density at radius 1 is 1.50 bits per heavy atom. The molecule has 2 amide bonds. The summed E-state index contributed by atoms with van der Waals surface area (Å²) in [5.74, 6) is -1.10. The standard InChI is InChI=1S/C12H19N3O3/c1-4-5-7(2)14-12(18)15-9-6-8(3)13-10(9)11(16)17/h6-7,13H,4-5H2,1-3H3,(H,16,17)(H2,14,15,18). The molecule has 0 saturated carbocycles.